The molecule has 0 aliphatic carbocycles. The first kappa shape index (κ1) is 13.9. The van der Waals surface area contributed by atoms with Crippen molar-refractivity contribution in [2.75, 3.05) is 24.6 Å². The van der Waals surface area contributed by atoms with Crippen molar-refractivity contribution in [2.45, 2.75) is 27.2 Å². The number of nitrogens with zero attached hydrogens (tertiary/aromatic N) is 1. The molecule has 100 valence electrons. The number of halogens is 1. The van der Waals surface area contributed by atoms with Crippen LogP contribution in [0.15, 0.2) is 22.7 Å². The fourth-order valence-corrected chi connectivity index (χ4v) is 3.20. The molecule has 0 aromatic heterocycles. The highest BCUT2D eigenvalue weighted by atomic mass is 79.9. The second-order valence-corrected chi connectivity index (χ2v) is 6.91. The Morgan fingerprint density at radius 3 is 2.78 bits per heavy atom. The van der Waals surface area contributed by atoms with Crippen LogP contribution in [0.4, 0.5) is 5.69 Å². The van der Waals surface area contributed by atoms with Crippen LogP contribution in [0.2, 0.25) is 0 Å². The van der Waals surface area contributed by atoms with Crippen LogP contribution >= 0.6 is 15.9 Å². The number of anilines is 1. The van der Waals surface area contributed by atoms with Gasteiger partial charge in [0.25, 0.3) is 0 Å². The summed E-state index contributed by atoms with van der Waals surface area (Å²) >= 11 is 3.51. The quantitative estimate of drug-likeness (QED) is 0.902. The number of hydrogen-bond donors (Lipinski definition) is 1. The first-order chi connectivity index (χ1) is 8.44. The summed E-state index contributed by atoms with van der Waals surface area (Å²) in [6.07, 6.45) is 1.13. The van der Waals surface area contributed by atoms with Gasteiger partial charge >= 0.3 is 0 Å². The van der Waals surface area contributed by atoms with Crippen molar-refractivity contribution in [1.82, 2.24) is 0 Å². The van der Waals surface area contributed by atoms with Gasteiger partial charge in [-0.2, -0.15) is 0 Å². The minimum Gasteiger partial charge on any atom is -0.396 e. The van der Waals surface area contributed by atoms with E-state index < -0.39 is 0 Å². The van der Waals surface area contributed by atoms with Crippen LogP contribution in [0.3, 0.4) is 0 Å². The van der Waals surface area contributed by atoms with E-state index in [1.165, 1.54) is 11.3 Å². The molecule has 1 N–H and O–H groups in total. The predicted molar refractivity (Wildman–Crippen MR) is 80.1 cm³/mol. The Morgan fingerprint density at radius 2 is 2.17 bits per heavy atom. The van der Waals surface area contributed by atoms with E-state index >= 15 is 0 Å². The maximum atomic E-state index is 9.57. The van der Waals surface area contributed by atoms with E-state index in [0.717, 1.165) is 24.0 Å². The highest BCUT2D eigenvalue weighted by molar-refractivity contribution is 9.10. The minimum atomic E-state index is 0.245. The molecule has 1 aliphatic rings. The summed E-state index contributed by atoms with van der Waals surface area (Å²) in [5.41, 5.74) is 2.84. The molecule has 0 bridgehead atoms. The Labute approximate surface area is 118 Å². The summed E-state index contributed by atoms with van der Waals surface area (Å²) in [4.78, 5) is 2.41. The van der Waals surface area contributed by atoms with Crippen molar-refractivity contribution in [3.05, 3.63) is 28.2 Å². The number of aliphatic hydroxyl groups excluding tert-OH is 1. The van der Waals surface area contributed by atoms with Crippen molar-refractivity contribution >= 4 is 21.6 Å². The normalized spacial score (nSPS) is 23.2. The van der Waals surface area contributed by atoms with E-state index in [0.29, 0.717) is 5.92 Å². The molecule has 2 rings (SSSR count). The van der Waals surface area contributed by atoms with Crippen LogP contribution in [0.1, 0.15) is 25.8 Å². The Balaban J connectivity index is 2.20. The molecule has 0 amide bonds. The standard InChI is InChI=1S/C15H22BrNO/c1-11-8-13(16)4-5-14(11)17-7-6-15(2,3)12(9-17)10-18/h4-5,8,12,18H,6-7,9-10H2,1-3H3. The SMILES string of the molecule is Cc1cc(Br)ccc1N1CCC(C)(C)C(CO)C1. The lowest BCUT2D eigenvalue weighted by Gasteiger charge is -2.44. The molecular formula is C15H22BrNO. The summed E-state index contributed by atoms with van der Waals surface area (Å²) in [6.45, 7) is 8.98. The first-order valence-electron chi connectivity index (χ1n) is 6.56. The predicted octanol–water partition coefficient (Wildman–Crippen LogP) is 3.60. The third-order valence-electron chi connectivity index (χ3n) is 4.29. The van der Waals surface area contributed by atoms with E-state index in [9.17, 15) is 5.11 Å². The average molecular weight is 312 g/mol. The van der Waals surface area contributed by atoms with Gasteiger partial charge in [0.2, 0.25) is 0 Å². The third kappa shape index (κ3) is 2.72. The Morgan fingerprint density at radius 1 is 1.44 bits per heavy atom. The van der Waals surface area contributed by atoms with Crippen molar-refractivity contribution in [1.29, 1.82) is 0 Å². The first-order valence-corrected chi connectivity index (χ1v) is 7.35. The summed E-state index contributed by atoms with van der Waals surface area (Å²) in [5.74, 6) is 0.356. The molecule has 1 aliphatic heterocycles. The van der Waals surface area contributed by atoms with Gasteiger partial charge in [0, 0.05) is 35.8 Å². The largest absolute Gasteiger partial charge is 0.396 e. The zero-order valence-electron chi connectivity index (χ0n) is 11.4. The maximum Gasteiger partial charge on any atom is 0.0481 e. The molecule has 18 heavy (non-hydrogen) atoms. The highest BCUT2D eigenvalue weighted by Gasteiger charge is 2.35. The molecule has 1 atom stereocenters. The fourth-order valence-electron chi connectivity index (χ4n) is 2.73. The molecule has 0 spiro atoms. The molecule has 1 saturated heterocycles. The second-order valence-electron chi connectivity index (χ2n) is 5.99. The lowest BCUT2D eigenvalue weighted by molar-refractivity contribution is 0.0967. The summed E-state index contributed by atoms with van der Waals surface area (Å²) in [5, 5.41) is 9.57. The van der Waals surface area contributed by atoms with Gasteiger partial charge in [0.05, 0.1) is 0 Å². The van der Waals surface area contributed by atoms with Gasteiger partial charge in [0.1, 0.15) is 0 Å². The Bertz CT molecular complexity index is 431. The minimum absolute atomic E-state index is 0.245. The van der Waals surface area contributed by atoms with Gasteiger partial charge in [-0.05, 0) is 42.5 Å². The molecule has 2 nitrogen and oxygen atoms in total. The molecule has 1 unspecified atom stereocenters. The van der Waals surface area contributed by atoms with Crippen molar-refractivity contribution in [3.8, 4) is 0 Å². The molecule has 1 heterocycles. The van der Waals surface area contributed by atoms with Crippen LogP contribution in [0, 0.1) is 18.3 Å². The van der Waals surface area contributed by atoms with E-state index in [-0.39, 0.29) is 12.0 Å². The molecule has 1 aromatic rings. The molecule has 3 heteroatoms. The van der Waals surface area contributed by atoms with E-state index in [2.05, 4.69) is 59.8 Å². The lowest BCUT2D eigenvalue weighted by atomic mass is 9.73. The lowest BCUT2D eigenvalue weighted by Crippen LogP contribution is -2.46. The monoisotopic (exact) mass is 311 g/mol. The number of hydrogen-bond acceptors (Lipinski definition) is 2. The number of piperidine rings is 1. The van der Waals surface area contributed by atoms with E-state index in [1.54, 1.807) is 0 Å². The second kappa shape index (κ2) is 5.22. The molecule has 1 fully saturated rings. The number of benzene rings is 1. The summed E-state index contributed by atoms with van der Waals surface area (Å²) in [7, 11) is 0. The zero-order valence-corrected chi connectivity index (χ0v) is 13.0. The molecule has 0 saturated carbocycles. The van der Waals surface area contributed by atoms with Crippen molar-refractivity contribution in [2.24, 2.45) is 11.3 Å². The topological polar surface area (TPSA) is 23.5 Å². The van der Waals surface area contributed by atoms with Gasteiger partial charge in [-0.1, -0.05) is 29.8 Å². The van der Waals surface area contributed by atoms with Crippen LogP contribution in [0.25, 0.3) is 0 Å². The van der Waals surface area contributed by atoms with Gasteiger partial charge in [-0.25, -0.2) is 0 Å². The van der Waals surface area contributed by atoms with Crippen LogP contribution < -0.4 is 4.90 Å². The number of rotatable bonds is 2. The average Bonchev–Trinajstić information content (AvgIpc) is 2.30. The summed E-state index contributed by atoms with van der Waals surface area (Å²) < 4.78 is 1.12. The van der Waals surface area contributed by atoms with Crippen LogP contribution in [-0.4, -0.2) is 24.8 Å². The number of aliphatic hydroxyl groups is 1. The summed E-state index contributed by atoms with van der Waals surface area (Å²) in [6, 6.07) is 6.42. The van der Waals surface area contributed by atoms with Crippen molar-refractivity contribution < 1.29 is 5.11 Å². The van der Waals surface area contributed by atoms with E-state index in [1.807, 2.05) is 0 Å². The maximum absolute atomic E-state index is 9.57. The van der Waals surface area contributed by atoms with Crippen LogP contribution in [0.5, 0.6) is 0 Å². The third-order valence-corrected chi connectivity index (χ3v) is 4.79. The highest BCUT2D eigenvalue weighted by Crippen LogP contribution is 2.38. The fraction of sp³-hybridized carbons (Fsp3) is 0.600. The zero-order chi connectivity index (χ0) is 13.3. The smallest absolute Gasteiger partial charge is 0.0481 e. The van der Waals surface area contributed by atoms with Gasteiger partial charge < -0.3 is 10.0 Å². The Kier molecular flexibility index (Phi) is 4.02. The van der Waals surface area contributed by atoms with E-state index in [4.69, 9.17) is 0 Å². The molecule has 1 aromatic carbocycles. The van der Waals surface area contributed by atoms with Crippen molar-refractivity contribution in [3.63, 3.8) is 0 Å². The van der Waals surface area contributed by atoms with Gasteiger partial charge in [-0.3, -0.25) is 0 Å². The number of aryl methyl sites for hydroxylation is 1. The molecular weight excluding hydrogens is 290 g/mol. The van der Waals surface area contributed by atoms with Gasteiger partial charge in [0.15, 0.2) is 0 Å². The molecule has 0 radical (unpaired) electrons. The Hall–Kier alpha value is -0.540. The van der Waals surface area contributed by atoms with Crippen LogP contribution in [-0.2, 0) is 0 Å². The van der Waals surface area contributed by atoms with Gasteiger partial charge in [-0.15, -0.1) is 0 Å².